The predicted octanol–water partition coefficient (Wildman–Crippen LogP) is 0.426. The highest BCUT2D eigenvalue weighted by Gasteiger charge is 2.38. The molecular weight excluding hydrogens is 232 g/mol. The molecule has 5 heteroatoms. The Morgan fingerprint density at radius 2 is 2.06 bits per heavy atom. The van der Waals surface area contributed by atoms with Crippen molar-refractivity contribution in [2.45, 2.75) is 45.6 Å². The quantitative estimate of drug-likeness (QED) is 0.589. The van der Waals surface area contributed by atoms with Gasteiger partial charge in [-0.3, -0.25) is 9.59 Å². The van der Waals surface area contributed by atoms with Gasteiger partial charge in [-0.1, -0.05) is 20.3 Å². The number of hydrogen-bond donors (Lipinski definition) is 3. The van der Waals surface area contributed by atoms with E-state index in [2.05, 4.69) is 10.6 Å². The van der Waals surface area contributed by atoms with Gasteiger partial charge in [-0.25, -0.2) is 0 Å². The van der Waals surface area contributed by atoms with Gasteiger partial charge >= 0.3 is 0 Å². The van der Waals surface area contributed by atoms with Crippen LogP contribution in [0.3, 0.4) is 0 Å². The molecule has 0 radical (unpaired) electrons. The van der Waals surface area contributed by atoms with Crippen molar-refractivity contribution >= 4 is 11.8 Å². The van der Waals surface area contributed by atoms with Crippen molar-refractivity contribution in [3.8, 4) is 0 Å². The first-order chi connectivity index (χ1) is 8.54. The lowest BCUT2D eigenvalue weighted by atomic mass is 10.2. The van der Waals surface area contributed by atoms with Crippen molar-refractivity contribution in [2.24, 2.45) is 11.8 Å². The summed E-state index contributed by atoms with van der Waals surface area (Å²) in [7, 11) is 0. The molecule has 3 unspecified atom stereocenters. The first kappa shape index (κ1) is 15.0. The van der Waals surface area contributed by atoms with Gasteiger partial charge in [-0.2, -0.15) is 0 Å². The maximum absolute atomic E-state index is 11.5. The van der Waals surface area contributed by atoms with Gasteiger partial charge in [0.1, 0.15) is 0 Å². The van der Waals surface area contributed by atoms with Crippen LogP contribution in [0, 0.1) is 11.8 Å². The van der Waals surface area contributed by atoms with E-state index in [9.17, 15) is 14.7 Å². The topological polar surface area (TPSA) is 78.4 Å². The van der Waals surface area contributed by atoms with E-state index in [0.717, 1.165) is 12.8 Å². The molecule has 5 nitrogen and oxygen atoms in total. The van der Waals surface area contributed by atoms with Gasteiger partial charge < -0.3 is 15.7 Å². The van der Waals surface area contributed by atoms with Gasteiger partial charge in [0.05, 0.1) is 6.10 Å². The molecule has 3 N–H and O–H groups in total. The lowest BCUT2D eigenvalue weighted by Crippen LogP contribution is -2.35. The first-order valence-electron chi connectivity index (χ1n) is 6.77. The monoisotopic (exact) mass is 256 g/mol. The summed E-state index contributed by atoms with van der Waals surface area (Å²) < 4.78 is 0. The molecule has 0 bridgehead atoms. The number of aliphatic hydroxyl groups excluding tert-OH is 1. The molecule has 0 saturated heterocycles. The Morgan fingerprint density at radius 1 is 1.39 bits per heavy atom. The molecule has 0 aromatic carbocycles. The van der Waals surface area contributed by atoms with Gasteiger partial charge in [0.2, 0.25) is 11.8 Å². The molecule has 1 fully saturated rings. The molecule has 104 valence electrons. The number of amides is 2. The van der Waals surface area contributed by atoms with Gasteiger partial charge in [0.15, 0.2) is 0 Å². The third-order valence-electron chi connectivity index (χ3n) is 3.25. The smallest absolute Gasteiger partial charge is 0.223 e. The van der Waals surface area contributed by atoms with E-state index in [4.69, 9.17) is 0 Å². The van der Waals surface area contributed by atoms with Crippen LogP contribution >= 0.6 is 0 Å². The molecule has 1 aliphatic carbocycles. The zero-order chi connectivity index (χ0) is 13.5. The molecule has 0 aliphatic heterocycles. The third kappa shape index (κ3) is 5.49. The Kier molecular flexibility index (Phi) is 6.12. The van der Waals surface area contributed by atoms with Gasteiger partial charge in [0.25, 0.3) is 0 Å². The van der Waals surface area contributed by atoms with Crippen LogP contribution in [0.25, 0.3) is 0 Å². The lowest BCUT2D eigenvalue weighted by Gasteiger charge is -2.10. The van der Waals surface area contributed by atoms with Gasteiger partial charge in [0, 0.05) is 25.4 Å². The van der Waals surface area contributed by atoms with E-state index < -0.39 is 6.10 Å². The van der Waals surface area contributed by atoms with Crippen LogP contribution in [0.5, 0.6) is 0 Å². The van der Waals surface area contributed by atoms with Crippen molar-refractivity contribution < 1.29 is 14.7 Å². The van der Waals surface area contributed by atoms with Gasteiger partial charge in [-0.15, -0.1) is 0 Å². The summed E-state index contributed by atoms with van der Waals surface area (Å²) in [5, 5.41) is 14.8. The highest BCUT2D eigenvalue weighted by Crippen LogP contribution is 2.37. The summed E-state index contributed by atoms with van der Waals surface area (Å²) >= 11 is 0. The largest absolute Gasteiger partial charge is 0.391 e. The Labute approximate surface area is 108 Å². The summed E-state index contributed by atoms with van der Waals surface area (Å²) in [6.45, 7) is 4.70. The molecule has 2 amide bonds. The van der Waals surface area contributed by atoms with E-state index in [1.165, 1.54) is 0 Å². The highest BCUT2D eigenvalue weighted by molar-refractivity contribution is 5.82. The average molecular weight is 256 g/mol. The summed E-state index contributed by atoms with van der Waals surface area (Å²) in [6, 6.07) is 0. The number of carbonyl (C=O) groups is 2. The lowest BCUT2D eigenvalue weighted by molar-refractivity contribution is -0.123. The maximum Gasteiger partial charge on any atom is 0.223 e. The Balaban J connectivity index is 2.01. The maximum atomic E-state index is 11.5. The minimum Gasteiger partial charge on any atom is -0.391 e. The second kappa shape index (κ2) is 7.36. The van der Waals surface area contributed by atoms with Crippen molar-refractivity contribution in [3.63, 3.8) is 0 Å². The van der Waals surface area contributed by atoms with Gasteiger partial charge in [-0.05, 0) is 18.8 Å². The predicted molar refractivity (Wildman–Crippen MR) is 68.8 cm³/mol. The third-order valence-corrected chi connectivity index (χ3v) is 3.25. The zero-order valence-corrected chi connectivity index (χ0v) is 11.2. The summed E-state index contributed by atoms with van der Waals surface area (Å²) in [6.07, 6.45) is 2.34. The molecular formula is C13H24N2O3. The van der Waals surface area contributed by atoms with Crippen LogP contribution < -0.4 is 10.6 Å². The Bertz CT molecular complexity index is 294. The average Bonchev–Trinajstić information content (AvgIpc) is 3.04. The Hall–Kier alpha value is -1.10. The van der Waals surface area contributed by atoms with E-state index >= 15 is 0 Å². The minimum atomic E-state index is -0.471. The first-order valence-corrected chi connectivity index (χ1v) is 6.77. The minimum absolute atomic E-state index is 0.0568. The van der Waals surface area contributed by atoms with Crippen LogP contribution in [0.2, 0.25) is 0 Å². The molecule has 1 rings (SSSR count). The van der Waals surface area contributed by atoms with Crippen LogP contribution in [-0.2, 0) is 9.59 Å². The molecule has 0 spiro atoms. The van der Waals surface area contributed by atoms with E-state index in [0.29, 0.717) is 25.4 Å². The normalized spacial score (nSPS) is 23.3. The summed E-state index contributed by atoms with van der Waals surface area (Å²) in [5.41, 5.74) is 0. The molecule has 0 heterocycles. The molecule has 18 heavy (non-hydrogen) atoms. The van der Waals surface area contributed by atoms with Crippen molar-refractivity contribution in [1.82, 2.24) is 10.6 Å². The summed E-state index contributed by atoms with van der Waals surface area (Å²) in [5.74, 6) is 0.568. The second-order valence-electron chi connectivity index (χ2n) is 5.11. The fourth-order valence-corrected chi connectivity index (χ4v) is 1.87. The van der Waals surface area contributed by atoms with Crippen molar-refractivity contribution in [2.75, 3.05) is 13.1 Å². The SMILES string of the molecule is CCCC(O)CNC(=O)CCNC(=O)C1CC1C. The molecule has 0 aromatic heterocycles. The van der Waals surface area contributed by atoms with E-state index in [-0.39, 0.29) is 24.2 Å². The number of nitrogens with one attached hydrogen (secondary N) is 2. The van der Waals surface area contributed by atoms with Crippen LogP contribution in [-0.4, -0.2) is 36.1 Å². The van der Waals surface area contributed by atoms with E-state index in [1.54, 1.807) is 0 Å². The zero-order valence-electron chi connectivity index (χ0n) is 11.2. The molecule has 1 saturated carbocycles. The highest BCUT2D eigenvalue weighted by atomic mass is 16.3. The van der Waals surface area contributed by atoms with Crippen LogP contribution in [0.15, 0.2) is 0 Å². The van der Waals surface area contributed by atoms with Crippen molar-refractivity contribution in [3.05, 3.63) is 0 Å². The molecule has 0 aromatic rings. The number of aliphatic hydroxyl groups is 1. The number of rotatable bonds is 8. The van der Waals surface area contributed by atoms with Crippen LogP contribution in [0.4, 0.5) is 0 Å². The molecule has 3 atom stereocenters. The summed E-state index contributed by atoms with van der Waals surface area (Å²) in [4.78, 5) is 22.9. The van der Waals surface area contributed by atoms with E-state index in [1.807, 2.05) is 13.8 Å². The fourth-order valence-electron chi connectivity index (χ4n) is 1.87. The second-order valence-corrected chi connectivity index (χ2v) is 5.11. The fraction of sp³-hybridized carbons (Fsp3) is 0.846. The standard InChI is InChI=1S/C13H24N2O3/c1-3-4-10(16)8-15-12(17)5-6-14-13(18)11-7-9(11)2/h9-11,16H,3-8H2,1-2H3,(H,14,18)(H,15,17). The van der Waals surface area contributed by atoms with Crippen LogP contribution in [0.1, 0.15) is 39.5 Å². The van der Waals surface area contributed by atoms with Crippen molar-refractivity contribution in [1.29, 1.82) is 0 Å². The number of hydrogen-bond acceptors (Lipinski definition) is 3. The number of carbonyl (C=O) groups excluding carboxylic acids is 2. The Morgan fingerprint density at radius 3 is 2.61 bits per heavy atom. The molecule has 1 aliphatic rings.